The second-order valence-corrected chi connectivity index (χ2v) is 4.64. The van der Waals surface area contributed by atoms with Crippen LogP contribution in [0.25, 0.3) is 28.2 Å². The Morgan fingerprint density at radius 1 is 1.24 bits per heavy atom. The van der Waals surface area contributed by atoms with Crippen LogP contribution in [-0.2, 0) is 0 Å². The van der Waals surface area contributed by atoms with Crippen molar-refractivity contribution in [2.45, 2.75) is 6.92 Å². The van der Waals surface area contributed by atoms with Crippen LogP contribution in [0.5, 0.6) is 5.75 Å². The summed E-state index contributed by atoms with van der Waals surface area (Å²) in [6, 6.07) is 6.88. The number of nitrogens with one attached hydrogen (secondary N) is 1. The van der Waals surface area contributed by atoms with E-state index < -0.39 is 0 Å². The van der Waals surface area contributed by atoms with Crippen LogP contribution < -0.4 is 4.74 Å². The minimum atomic E-state index is -0.274. The van der Waals surface area contributed by atoms with E-state index in [1.807, 2.05) is 31.3 Å². The molecule has 1 aromatic carbocycles. The number of nitrogens with zero attached hydrogens (tertiary/aromatic N) is 1. The number of fused-ring (bicyclic) bond motifs is 1. The molecule has 0 amide bonds. The van der Waals surface area contributed by atoms with Crippen LogP contribution >= 0.6 is 0 Å². The van der Waals surface area contributed by atoms with Crippen LogP contribution in [0, 0.1) is 5.82 Å². The molecule has 1 N–H and O–H groups in total. The van der Waals surface area contributed by atoms with Crippen molar-refractivity contribution in [1.82, 2.24) is 9.97 Å². The average Bonchev–Trinajstić information content (AvgIpc) is 2.98. The molecule has 0 saturated carbocycles. The molecule has 0 aliphatic heterocycles. The molecule has 0 radical (unpaired) electrons. The van der Waals surface area contributed by atoms with Gasteiger partial charge >= 0.3 is 0 Å². The molecule has 0 fully saturated rings. The lowest BCUT2D eigenvalue weighted by Crippen LogP contribution is -1.95. The van der Waals surface area contributed by atoms with Crippen LogP contribution in [-0.4, -0.2) is 17.1 Å². The first-order chi connectivity index (χ1) is 10.3. The fraction of sp³-hybridized carbons (Fsp3) is 0.118. The van der Waals surface area contributed by atoms with Crippen molar-refractivity contribution in [2.75, 3.05) is 7.11 Å². The van der Waals surface area contributed by atoms with Crippen LogP contribution in [0.3, 0.4) is 0 Å². The normalized spacial score (nSPS) is 11.4. The van der Waals surface area contributed by atoms with Gasteiger partial charge in [-0.05, 0) is 36.8 Å². The molecule has 0 saturated heterocycles. The number of pyridine rings is 1. The summed E-state index contributed by atoms with van der Waals surface area (Å²) in [7, 11) is 1.59. The predicted molar refractivity (Wildman–Crippen MR) is 82.7 cm³/mol. The van der Waals surface area contributed by atoms with Crippen molar-refractivity contribution in [3.05, 3.63) is 54.1 Å². The minimum absolute atomic E-state index is 0.274. The summed E-state index contributed by atoms with van der Waals surface area (Å²) in [6.07, 6.45) is 7.10. The van der Waals surface area contributed by atoms with E-state index in [4.69, 9.17) is 4.74 Å². The zero-order chi connectivity index (χ0) is 14.8. The van der Waals surface area contributed by atoms with Gasteiger partial charge in [0.1, 0.15) is 17.2 Å². The zero-order valence-corrected chi connectivity index (χ0v) is 11.9. The number of benzene rings is 1. The molecule has 0 aliphatic rings. The second-order valence-electron chi connectivity index (χ2n) is 4.64. The lowest BCUT2D eigenvalue weighted by molar-refractivity contribution is 0.415. The molecule has 0 bridgehead atoms. The molecule has 0 unspecified atom stereocenters. The van der Waals surface area contributed by atoms with Gasteiger partial charge in [-0.15, -0.1) is 0 Å². The zero-order valence-electron chi connectivity index (χ0n) is 11.9. The highest BCUT2D eigenvalue weighted by molar-refractivity contribution is 5.97. The lowest BCUT2D eigenvalue weighted by atomic mass is 9.96. The van der Waals surface area contributed by atoms with Gasteiger partial charge in [0.05, 0.1) is 7.11 Å². The van der Waals surface area contributed by atoms with Gasteiger partial charge in [0, 0.05) is 28.9 Å². The number of hydrogen-bond acceptors (Lipinski definition) is 2. The number of halogens is 1. The molecule has 2 aromatic heterocycles. The Kier molecular flexibility index (Phi) is 3.44. The molecule has 0 atom stereocenters. The minimum Gasteiger partial charge on any atom is -0.496 e. The Hall–Kier alpha value is -2.62. The monoisotopic (exact) mass is 282 g/mol. The molecule has 2 heterocycles. The highest BCUT2D eigenvalue weighted by atomic mass is 19.1. The van der Waals surface area contributed by atoms with Crippen molar-refractivity contribution in [3.8, 4) is 16.9 Å². The number of rotatable bonds is 3. The van der Waals surface area contributed by atoms with Gasteiger partial charge in [-0.1, -0.05) is 12.2 Å². The van der Waals surface area contributed by atoms with Crippen molar-refractivity contribution in [3.63, 3.8) is 0 Å². The number of H-pyrrole nitrogens is 1. The van der Waals surface area contributed by atoms with E-state index >= 15 is 0 Å². The third kappa shape index (κ3) is 2.18. The molecule has 4 heteroatoms. The maximum Gasteiger partial charge on any atom is 0.137 e. The van der Waals surface area contributed by atoms with Gasteiger partial charge in [0.15, 0.2) is 0 Å². The maximum absolute atomic E-state index is 14.2. The first-order valence-electron chi connectivity index (χ1n) is 6.68. The fourth-order valence-electron chi connectivity index (χ4n) is 2.53. The SMILES string of the molecule is C/C=C/c1c(F)ccc(OC)c1-c1ccnc2[nH]ccc12. The molecule has 3 aromatic rings. The first kappa shape index (κ1) is 13.4. The summed E-state index contributed by atoms with van der Waals surface area (Å²) in [5, 5.41) is 0.937. The maximum atomic E-state index is 14.2. The molecule has 3 rings (SSSR count). The number of methoxy groups -OCH3 is 1. The topological polar surface area (TPSA) is 37.9 Å². The van der Waals surface area contributed by atoms with E-state index in [0.717, 1.165) is 22.2 Å². The van der Waals surface area contributed by atoms with Gasteiger partial charge in [-0.25, -0.2) is 9.37 Å². The van der Waals surface area contributed by atoms with Crippen molar-refractivity contribution in [1.29, 1.82) is 0 Å². The standard InChI is InChI=1S/C17H15FN2O/c1-3-4-13-14(18)5-6-15(21-2)16(13)11-7-9-19-17-12(11)8-10-20-17/h3-10H,1-2H3,(H,19,20)/b4-3+. The van der Waals surface area contributed by atoms with E-state index in [-0.39, 0.29) is 5.82 Å². The van der Waals surface area contributed by atoms with Gasteiger partial charge in [0.2, 0.25) is 0 Å². The van der Waals surface area contributed by atoms with E-state index in [0.29, 0.717) is 11.3 Å². The number of allylic oxidation sites excluding steroid dienone is 1. The van der Waals surface area contributed by atoms with Crippen LogP contribution in [0.2, 0.25) is 0 Å². The Balaban J connectivity index is 2.40. The smallest absolute Gasteiger partial charge is 0.137 e. The largest absolute Gasteiger partial charge is 0.496 e. The van der Waals surface area contributed by atoms with Crippen molar-refractivity contribution < 1.29 is 9.13 Å². The Bertz CT molecular complexity index is 821. The van der Waals surface area contributed by atoms with Crippen molar-refractivity contribution >= 4 is 17.1 Å². The van der Waals surface area contributed by atoms with Gasteiger partial charge < -0.3 is 9.72 Å². The summed E-state index contributed by atoms with van der Waals surface area (Å²) in [5.74, 6) is 0.364. The van der Waals surface area contributed by atoms with Gasteiger partial charge in [-0.2, -0.15) is 0 Å². The summed E-state index contributed by atoms with van der Waals surface area (Å²) in [4.78, 5) is 7.34. The first-order valence-corrected chi connectivity index (χ1v) is 6.68. The summed E-state index contributed by atoms with van der Waals surface area (Å²) in [6.45, 7) is 1.86. The number of hydrogen-bond donors (Lipinski definition) is 1. The Labute approximate surface area is 122 Å². The lowest BCUT2D eigenvalue weighted by Gasteiger charge is -2.14. The third-order valence-corrected chi connectivity index (χ3v) is 3.44. The summed E-state index contributed by atoms with van der Waals surface area (Å²) >= 11 is 0. The van der Waals surface area contributed by atoms with E-state index in [1.54, 1.807) is 25.4 Å². The second kappa shape index (κ2) is 5.40. The average molecular weight is 282 g/mol. The van der Waals surface area contributed by atoms with Gasteiger partial charge in [0.25, 0.3) is 0 Å². The molecular formula is C17H15FN2O. The van der Waals surface area contributed by atoms with Gasteiger partial charge in [-0.3, -0.25) is 0 Å². The Morgan fingerprint density at radius 3 is 2.86 bits per heavy atom. The molecule has 3 nitrogen and oxygen atoms in total. The van der Waals surface area contributed by atoms with Crippen LogP contribution in [0.15, 0.2) is 42.7 Å². The number of aromatic nitrogens is 2. The molecule has 21 heavy (non-hydrogen) atoms. The molecule has 106 valence electrons. The van der Waals surface area contributed by atoms with Crippen molar-refractivity contribution in [2.24, 2.45) is 0 Å². The summed E-state index contributed by atoms with van der Waals surface area (Å²) in [5.41, 5.74) is 2.92. The fourth-order valence-corrected chi connectivity index (χ4v) is 2.53. The highest BCUT2D eigenvalue weighted by Crippen LogP contribution is 2.38. The summed E-state index contributed by atoms with van der Waals surface area (Å²) < 4.78 is 19.7. The van der Waals surface area contributed by atoms with E-state index in [1.165, 1.54) is 6.07 Å². The quantitative estimate of drug-likeness (QED) is 0.772. The van der Waals surface area contributed by atoms with E-state index in [2.05, 4.69) is 9.97 Å². The van der Waals surface area contributed by atoms with Crippen LogP contribution in [0.1, 0.15) is 12.5 Å². The van der Waals surface area contributed by atoms with Crippen LogP contribution in [0.4, 0.5) is 4.39 Å². The molecule has 0 spiro atoms. The highest BCUT2D eigenvalue weighted by Gasteiger charge is 2.17. The molecular weight excluding hydrogens is 267 g/mol. The Morgan fingerprint density at radius 2 is 2.10 bits per heavy atom. The van der Waals surface area contributed by atoms with E-state index in [9.17, 15) is 4.39 Å². The number of aromatic amines is 1. The predicted octanol–water partition coefficient (Wildman–Crippen LogP) is 4.41. The molecule has 0 aliphatic carbocycles. The number of ether oxygens (including phenoxy) is 1. The third-order valence-electron chi connectivity index (χ3n) is 3.44.